The average molecular weight is 377 g/mol. The van der Waals surface area contributed by atoms with Gasteiger partial charge in [0.15, 0.2) is 5.82 Å². The van der Waals surface area contributed by atoms with Crippen molar-refractivity contribution >= 4 is 6.03 Å². The molecule has 2 atom stereocenters. The van der Waals surface area contributed by atoms with Gasteiger partial charge in [0.2, 0.25) is 0 Å². The quantitative estimate of drug-likeness (QED) is 0.759. The van der Waals surface area contributed by atoms with Crippen molar-refractivity contribution in [3.8, 4) is 5.82 Å². The normalized spacial score (nSPS) is 19.4. The minimum Gasteiger partial charge on any atom is -0.367 e. The lowest BCUT2D eigenvalue weighted by molar-refractivity contribution is -0.0657. The SMILES string of the molecule is CC1CN(C(=O)NCc2ccnc(-n3cccn3)c2)CC(c2ccccc2)O1. The number of amides is 2. The van der Waals surface area contributed by atoms with Crippen LogP contribution in [0.1, 0.15) is 24.2 Å². The molecule has 1 saturated heterocycles. The number of aromatic nitrogens is 3. The van der Waals surface area contributed by atoms with E-state index in [1.165, 1.54) is 0 Å². The number of carbonyl (C=O) groups excluding carboxylic acids is 1. The lowest BCUT2D eigenvalue weighted by Crippen LogP contribution is -2.49. The Kier molecular flexibility index (Phi) is 5.34. The summed E-state index contributed by atoms with van der Waals surface area (Å²) in [6.45, 7) is 3.53. The fourth-order valence-electron chi connectivity index (χ4n) is 3.36. The van der Waals surface area contributed by atoms with Crippen LogP contribution in [0.3, 0.4) is 0 Å². The lowest BCUT2D eigenvalue weighted by atomic mass is 10.1. The standard InChI is InChI=1S/C21H23N5O2/c1-16-14-25(15-19(28-16)18-6-3-2-4-7-18)21(27)23-13-17-8-10-22-20(12-17)26-11-5-9-24-26/h2-12,16,19H,13-15H2,1H3,(H,23,27). The highest BCUT2D eigenvalue weighted by molar-refractivity contribution is 5.74. The summed E-state index contributed by atoms with van der Waals surface area (Å²) in [6, 6.07) is 15.6. The van der Waals surface area contributed by atoms with Gasteiger partial charge in [0.1, 0.15) is 6.10 Å². The van der Waals surface area contributed by atoms with E-state index in [4.69, 9.17) is 4.74 Å². The molecule has 0 spiro atoms. The molecule has 144 valence electrons. The Balaban J connectivity index is 1.39. The maximum atomic E-state index is 12.7. The fourth-order valence-corrected chi connectivity index (χ4v) is 3.36. The van der Waals surface area contributed by atoms with Gasteiger partial charge in [0, 0.05) is 31.7 Å². The number of urea groups is 1. The molecule has 7 heteroatoms. The van der Waals surface area contributed by atoms with E-state index >= 15 is 0 Å². The largest absolute Gasteiger partial charge is 0.367 e. The van der Waals surface area contributed by atoms with Gasteiger partial charge in [-0.2, -0.15) is 5.10 Å². The first-order valence-electron chi connectivity index (χ1n) is 9.37. The number of rotatable bonds is 4. The first-order chi connectivity index (χ1) is 13.7. The molecule has 1 aliphatic heterocycles. The Bertz CT molecular complexity index is 914. The van der Waals surface area contributed by atoms with Gasteiger partial charge in [-0.3, -0.25) is 0 Å². The molecule has 7 nitrogen and oxygen atoms in total. The van der Waals surface area contributed by atoms with Crippen LogP contribution >= 0.6 is 0 Å². The molecule has 2 amide bonds. The second-order valence-electron chi connectivity index (χ2n) is 6.88. The van der Waals surface area contributed by atoms with Crippen LogP contribution in [0.15, 0.2) is 67.1 Å². The molecule has 3 aromatic rings. The average Bonchev–Trinajstić information content (AvgIpc) is 3.27. The van der Waals surface area contributed by atoms with Crippen molar-refractivity contribution in [1.29, 1.82) is 0 Å². The Labute approximate surface area is 164 Å². The maximum absolute atomic E-state index is 12.7. The van der Waals surface area contributed by atoms with E-state index in [1.54, 1.807) is 17.1 Å². The van der Waals surface area contributed by atoms with E-state index in [2.05, 4.69) is 15.4 Å². The van der Waals surface area contributed by atoms with Crippen LogP contribution in [0.2, 0.25) is 0 Å². The van der Waals surface area contributed by atoms with Crippen LogP contribution in [-0.2, 0) is 11.3 Å². The molecule has 3 heterocycles. The first kappa shape index (κ1) is 18.2. The third-order valence-corrected chi connectivity index (χ3v) is 4.71. The summed E-state index contributed by atoms with van der Waals surface area (Å²) in [4.78, 5) is 18.9. The zero-order valence-corrected chi connectivity index (χ0v) is 15.7. The number of hydrogen-bond acceptors (Lipinski definition) is 4. The summed E-state index contributed by atoms with van der Waals surface area (Å²) in [6.07, 6.45) is 5.14. The number of nitrogens with one attached hydrogen (secondary N) is 1. The molecule has 0 radical (unpaired) electrons. The van der Waals surface area contributed by atoms with Gasteiger partial charge in [0.05, 0.1) is 12.6 Å². The number of benzene rings is 1. The van der Waals surface area contributed by atoms with Crippen LogP contribution in [0.4, 0.5) is 4.79 Å². The lowest BCUT2D eigenvalue weighted by Gasteiger charge is -2.37. The smallest absolute Gasteiger partial charge is 0.317 e. The van der Waals surface area contributed by atoms with Crippen molar-refractivity contribution in [3.63, 3.8) is 0 Å². The minimum atomic E-state index is -0.108. The topological polar surface area (TPSA) is 72.3 Å². The highest BCUT2D eigenvalue weighted by Gasteiger charge is 2.29. The molecular formula is C21H23N5O2. The Morgan fingerprint density at radius 2 is 2.04 bits per heavy atom. The van der Waals surface area contributed by atoms with E-state index in [0.717, 1.165) is 16.9 Å². The van der Waals surface area contributed by atoms with Crippen LogP contribution in [0.5, 0.6) is 0 Å². The number of nitrogens with zero attached hydrogens (tertiary/aromatic N) is 4. The van der Waals surface area contributed by atoms with Gasteiger partial charge < -0.3 is 15.0 Å². The van der Waals surface area contributed by atoms with Crippen molar-refractivity contribution in [2.75, 3.05) is 13.1 Å². The van der Waals surface area contributed by atoms with Crippen molar-refractivity contribution in [3.05, 3.63) is 78.2 Å². The van der Waals surface area contributed by atoms with E-state index in [1.807, 2.05) is 66.6 Å². The molecule has 1 aliphatic rings. The molecule has 28 heavy (non-hydrogen) atoms. The summed E-state index contributed by atoms with van der Waals surface area (Å²) in [5.74, 6) is 0.723. The predicted octanol–water partition coefficient (Wildman–Crippen LogP) is 2.94. The van der Waals surface area contributed by atoms with Crippen molar-refractivity contribution < 1.29 is 9.53 Å². The van der Waals surface area contributed by atoms with Gasteiger partial charge in [-0.05, 0) is 36.2 Å². The van der Waals surface area contributed by atoms with E-state index in [-0.39, 0.29) is 18.2 Å². The van der Waals surface area contributed by atoms with Crippen LogP contribution in [0.25, 0.3) is 5.82 Å². The molecule has 0 saturated carbocycles. The van der Waals surface area contributed by atoms with E-state index in [0.29, 0.717) is 19.6 Å². The van der Waals surface area contributed by atoms with Gasteiger partial charge in [-0.25, -0.2) is 14.5 Å². The van der Waals surface area contributed by atoms with Gasteiger partial charge in [0.25, 0.3) is 0 Å². The second-order valence-corrected chi connectivity index (χ2v) is 6.88. The molecule has 0 bridgehead atoms. The number of carbonyl (C=O) groups is 1. The highest BCUT2D eigenvalue weighted by Crippen LogP contribution is 2.25. The molecule has 4 rings (SSSR count). The van der Waals surface area contributed by atoms with Crippen LogP contribution in [-0.4, -0.2) is 44.9 Å². The number of pyridine rings is 1. The Morgan fingerprint density at radius 3 is 2.82 bits per heavy atom. The molecular weight excluding hydrogens is 354 g/mol. The number of ether oxygens (including phenoxy) is 1. The van der Waals surface area contributed by atoms with Crippen molar-refractivity contribution in [2.24, 2.45) is 0 Å². The van der Waals surface area contributed by atoms with Crippen LogP contribution < -0.4 is 5.32 Å². The zero-order chi connectivity index (χ0) is 19.3. The molecule has 1 aromatic carbocycles. The van der Waals surface area contributed by atoms with E-state index in [9.17, 15) is 4.79 Å². The predicted molar refractivity (Wildman–Crippen MR) is 105 cm³/mol. The van der Waals surface area contributed by atoms with Crippen LogP contribution in [0, 0.1) is 0 Å². The second kappa shape index (κ2) is 8.22. The maximum Gasteiger partial charge on any atom is 0.317 e. The summed E-state index contributed by atoms with van der Waals surface area (Å²) < 4.78 is 7.73. The van der Waals surface area contributed by atoms with Gasteiger partial charge in [-0.15, -0.1) is 0 Å². The third kappa shape index (κ3) is 4.20. The minimum absolute atomic E-state index is 0.0166. The van der Waals surface area contributed by atoms with Gasteiger partial charge >= 0.3 is 6.03 Å². The molecule has 1 N–H and O–H groups in total. The van der Waals surface area contributed by atoms with Crippen molar-refractivity contribution in [2.45, 2.75) is 25.7 Å². The van der Waals surface area contributed by atoms with Crippen molar-refractivity contribution in [1.82, 2.24) is 25.0 Å². The zero-order valence-electron chi connectivity index (χ0n) is 15.7. The van der Waals surface area contributed by atoms with Gasteiger partial charge in [-0.1, -0.05) is 30.3 Å². The highest BCUT2D eigenvalue weighted by atomic mass is 16.5. The summed E-state index contributed by atoms with van der Waals surface area (Å²) >= 11 is 0. The third-order valence-electron chi connectivity index (χ3n) is 4.71. The molecule has 2 unspecified atom stereocenters. The number of morpholine rings is 1. The monoisotopic (exact) mass is 377 g/mol. The first-order valence-corrected chi connectivity index (χ1v) is 9.37. The fraction of sp³-hybridized carbons (Fsp3) is 0.286. The summed E-state index contributed by atoms with van der Waals surface area (Å²) in [7, 11) is 0. The Morgan fingerprint density at radius 1 is 1.18 bits per heavy atom. The summed E-state index contributed by atoms with van der Waals surface area (Å²) in [5, 5.41) is 7.19. The number of hydrogen-bond donors (Lipinski definition) is 1. The summed E-state index contributed by atoms with van der Waals surface area (Å²) in [5.41, 5.74) is 2.06. The Hall–Kier alpha value is -3.19. The molecule has 2 aromatic heterocycles. The molecule has 1 fully saturated rings. The van der Waals surface area contributed by atoms with E-state index < -0.39 is 0 Å². The molecule has 0 aliphatic carbocycles.